The lowest BCUT2D eigenvalue weighted by atomic mass is 10.2. The molecule has 0 aliphatic carbocycles. The van der Waals surface area contributed by atoms with Gasteiger partial charge in [0.25, 0.3) is 0 Å². The SMILES string of the molecule is COc1ccc2c(c1)nc1n2C(CNS(=O)(=O)c2ccc(C#N)cc2)COC1. The molecule has 0 bridgehead atoms. The molecule has 4 rings (SSSR count). The minimum absolute atomic E-state index is 0.115. The average molecular weight is 398 g/mol. The summed E-state index contributed by atoms with van der Waals surface area (Å²) in [6, 6.07) is 13.2. The van der Waals surface area contributed by atoms with Crippen molar-refractivity contribution in [1.82, 2.24) is 14.3 Å². The van der Waals surface area contributed by atoms with Gasteiger partial charge in [-0.25, -0.2) is 18.1 Å². The van der Waals surface area contributed by atoms with Gasteiger partial charge in [0.05, 0.1) is 47.3 Å². The van der Waals surface area contributed by atoms with Crippen molar-refractivity contribution in [2.75, 3.05) is 20.3 Å². The average Bonchev–Trinajstić information content (AvgIpc) is 3.10. The zero-order valence-electron chi connectivity index (χ0n) is 15.1. The van der Waals surface area contributed by atoms with E-state index in [1.54, 1.807) is 7.11 Å². The Morgan fingerprint density at radius 1 is 1.32 bits per heavy atom. The van der Waals surface area contributed by atoms with E-state index in [9.17, 15) is 8.42 Å². The van der Waals surface area contributed by atoms with Gasteiger partial charge in [-0.1, -0.05) is 0 Å². The third-order valence-electron chi connectivity index (χ3n) is 4.68. The molecule has 0 fully saturated rings. The highest BCUT2D eigenvalue weighted by molar-refractivity contribution is 7.89. The Labute approximate surface area is 162 Å². The molecule has 0 saturated carbocycles. The van der Waals surface area contributed by atoms with Gasteiger partial charge in [-0.05, 0) is 36.4 Å². The van der Waals surface area contributed by atoms with Gasteiger partial charge < -0.3 is 14.0 Å². The topological polar surface area (TPSA) is 106 Å². The van der Waals surface area contributed by atoms with E-state index in [1.165, 1.54) is 24.3 Å². The van der Waals surface area contributed by atoms with Gasteiger partial charge >= 0.3 is 0 Å². The molecule has 2 heterocycles. The van der Waals surface area contributed by atoms with Gasteiger partial charge in [0.2, 0.25) is 10.0 Å². The summed E-state index contributed by atoms with van der Waals surface area (Å²) in [7, 11) is -2.10. The number of nitrogens with zero attached hydrogens (tertiary/aromatic N) is 3. The molecule has 0 spiro atoms. The van der Waals surface area contributed by atoms with E-state index in [2.05, 4.69) is 9.71 Å². The standard InChI is InChI=1S/C19H18N4O4S/c1-26-15-4-7-18-17(8-15)22-19-12-27-11-14(23(18)19)10-21-28(24,25)16-5-2-13(9-20)3-6-16/h2-8,14,21H,10-12H2,1H3. The molecule has 1 N–H and O–H groups in total. The van der Waals surface area contributed by atoms with Crippen molar-refractivity contribution in [3.8, 4) is 11.8 Å². The summed E-state index contributed by atoms with van der Waals surface area (Å²) >= 11 is 0. The molecule has 1 aliphatic rings. The van der Waals surface area contributed by atoms with Crippen LogP contribution in [0.4, 0.5) is 0 Å². The summed E-state index contributed by atoms with van der Waals surface area (Å²) in [6.45, 7) is 0.906. The number of ether oxygens (including phenoxy) is 2. The van der Waals surface area contributed by atoms with Crippen molar-refractivity contribution < 1.29 is 17.9 Å². The van der Waals surface area contributed by atoms with Crippen LogP contribution >= 0.6 is 0 Å². The first-order valence-corrected chi connectivity index (χ1v) is 10.1. The zero-order valence-corrected chi connectivity index (χ0v) is 15.9. The van der Waals surface area contributed by atoms with Crippen molar-refractivity contribution in [1.29, 1.82) is 5.26 Å². The van der Waals surface area contributed by atoms with Gasteiger partial charge in [0, 0.05) is 12.6 Å². The number of sulfonamides is 1. The Morgan fingerprint density at radius 3 is 2.82 bits per heavy atom. The minimum atomic E-state index is -3.70. The number of hydrogen-bond acceptors (Lipinski definition) is 6. The fourth-order valence-electron chi connectivity index (χ4n) is 3.27. The number of rotatable bonds is 5. The summed E-state index contributed by atoms with van der Waals surface area (Å²) in [5, 5.41) is 8.85. The highest BCUT2D eigenvalue weighted by Gasteiger charge is 2.26. The molecule has 1 unspecified atom stereocenters. The van der Waals surface area contributed by atoms with E-state index < -0.39 is 10.0 Å². The third-order valence-corrected chi connectivity index (χ3v) is 6.12. The van der Waals surface area contributed by atoms with Gasteiger partial charge in [0.1, 0.15) is 18.2 Å². The quantitative estimate of drug-likeness (QED) is 0.704. The molecule has 9 heteroatoms. The van der Waals surface area contributed by atoms with Crippen molar-refractivity contribution in [2.45, 2.75) is 17.5 Å². The zero-order chi connectivity index (χ0) is 19.7. The van der Waals surface area contributed by atoms with E-state index in [1.807, 2.05) is 28.8 Å². The molecular formula is C19H18N4O4S. The van der Waals surface area contributed by atoms with Crippen molar-refractivity contribution >= 4 is 21.1 Å². The maximum absolute atomic E-state index is 12.6. The van der Waals surface area contributed by atoms with E-state index >= 15 is 0 Å². The fraction of sp³-hybridized carbons (Fsp3) is 0.263. The summed E-state index contributed by atoms with van der Waals surface area (Å²) in [4.78, 5) is 4.70. The van der Waals surface area contributed by atoms with Crippen LogP contribution in [0.15, 0.2) is 47.4 Å². The maximum atomic E-state index is 12.6. The van der Waals surface area contributed by atoms with Gasteiger partial charge in [0.15, 0.2) is 0 Å². The highest BCUT2D eigenvalue weighted by atomic mass is 32.2. The molecular weight excluding hydrogens is 380 g/mol. The number of aromatic nitrogens is 2. The van der Waals surface area contributed by atoms with Gasteiger partial charge in [-0.15, -0.1) is 0 Å². The Kier molecular flexibility index (Phi) is 4.77. The maximum Gasteiger partial charge on any atom is 0.240 e. The lowest BCUT2D eigenvalue weighted by Gasteiger charge is -2.26. The van der Waals surface area contributed by atoms with Crippen molar-refractivity contribution in [3.05, 3.63) is 53.9 Å². The second-order valence-electron chi connectivity index (χ2n) is 6.41. The number of fused-ring (bicyclic) bond motifs is 3. The van der Waals surface area contributed by atoms with Crippen LogP contribution in [0.25, 0.3) is 11.0 Å². The molecule has 1 aliphatic heterocycles. The second-order valence-corrected chi connectivity index (χ2v) is 8.18. The first kappa shape index (κ1) is 18.4. The summed E-state index contributed by atoms with van der Waals surface area (Å²) < 4.78 is 40.7. The molecule has 8 nitrogen and oxygen atoms in total. The summed E-state index contributed by atoms with van der Waals surface area (Å²) in [5.41, 5.74) is 2.09. The monoisotopic (exact) mass is 398 g/mol. The summed E-state index contributed by atoms with van der Waals surface area (Å²) in [6.07, 6.45) is 0. The van der Waals surface area contributed by atoms with Crippen LogP contribution < -0.4 is 9.46 Å². The molecule has 0 amide bonds. The molecule has 0 radical (unpaired) electrons. The Balaban J connectivity index is 1.59. The largest absolute Gasteiger partial charge is 0.497 e. The third kappa shape index (κ3) is 3.33. The fourth-order valence-corrected chi connectivity index (χ4v) is 4.35. The molecule has 0 saturated heterocycles. The first-order chi connectivity index (χ1) is 13.5. The van der Waals surface area contributed by atoms with Crippen LogP contribution in [-0.4, -0.2) is 38.2 Å². The lowest BCUT2D eigenvalue weighted by Crippen LogP contribution is -2.35. The molecule has 2 aromatic carbocycles. The van der Waals surface area contributed by atoms with E-state index in [-0.39, 0.29) is 17.5 Å². The highest BCUT2D eigenvalue weighted by Crippen LogP contribution is 2.28. The first-order valence-electron chi connectivity index (χ1n) is 8.64. The van der Waals surface area contributed by atoms with Crippen LogP contribution in [0.3, 0.4) is 0 Å². The minimum Gasteiger partial charge on any atom is -0.497 e. The number of methoxy groups -OCH3 is 1. The predicted octanol–water partition coefficient (Wildman–Crippen LogP) is 1.97. The molecule has 1 atom stereocenters. The predicted molar refractivity (Wildman–Crippen MR) is 101 cm³/mol. The van der Waals surface area contributed by atoms with Gasteiger partial charge in [-0.3, -0.25) is 0 Å². The van der Waals surface area contributed by atoms with Crippen LogP contribution in [0.2, 0.25) is 0 Å². The molecule has 28 heavy (non-hydrogen) atoms. The number of nitriles is 1. The number of imidazole rings is 1. The molecule has 3 aromatic rings. The Bertz CT molecular complexity index is 1160. The normalized spacial score (nSPS) is 16.5. The van der Waals surface area contributed by atoms with Crippen LogP contribution in [0.1, 0.15) is 17.4 Å². The van der Waals surface area contributed by atoms with Crippen LogP contribution in [0, 0.1) is 11.3 Å². The van der Waals surface area contributed by atoms with Crippen LogP contribution in [0.5, 0.6) is 5.75 Å². The van der Waals surface area contributed by atoms with Crippen molar-refractivity contribution in [2.24, 2.45) is 0 Å². The molecule has 1 aromatic heterocycles. The van der Waals surface area contributed by atoms with Gasteiger partial charge in [-0.2, -0.15) is 5.26 Å². The second kappa shape index (κ2) is 7.24. The Morgan fingerprint density at radius 2 is 2.11 bits per heavy atom. The number of benzene rings is 2. The van der Waals surface area contributed by atoms with E-state index in [0.717, 1.165) is 16.9 Å². The molecule has 144 valence electrons. The number of hydrogen-bond donors (Lipinski definition) is 1. The summed E-state index contributed by atoms with van der Waals surface area (Å²) in [5.74, 6) is 1.46. The lowest BCUT2D eigenvalue weighted by molar-refractivity contribution is 0.0581. The van der Waals surface area contributed by atoms with E-state index in [0.29, 0.717) is 24.5 Å². The number of nitrogens with one attached hydrogen (secondary N) is 1. The Hall–Kier alpha value is -2.93. The van der Waals surface area contributed by atoms with E-state index in [4.69, 9.17) is 14.7 Å². The smallest absolute Gasteiger partial charge is 0.240 e. The van der Waals surface area contributed by atoms with Crippen LogP contribution in [-0.2, 0) is 21.4 Å². The van der Waals surface area contributed by atoms with Crippen molar-refractivity contribution in [3.63, 3.8) is 0 Å².